The summed E-state index contributed by atoms with van der Waals surface area (Å²) in [4.78, 5) is 17.9. The molecule has 0 aromatic carbocycles. The van der Waals surface area contributed by atoms with Crippen molar-refractivity contribution in [1.82, 2.24) is 25.5 Å². The van der Waals surface area contributed by atoms with Gasteiger partial charge in [-0.1, -0.05) is 6.07 Å². The second kappa shape index (κ2) is 9.87. The van der Waals surface area contributed by atoms with Crippen molar-refractivity contribution in [2.24, 2.45) is 4.99 Å². The maximum atomic E-state index is 4.55. The first-order valence-electron chi connectivity index (χ1n) is 9.47. The first-order valence-corrected chi connectivity index (χ1v) is 9.47. The summed E-state index contributed by atoms with van der Waals surface area (Å²) < 4.78 is 0. The number of hydrogen-bond donors (Lipinski definition) is 2. The van der Waals surface area contributed by atoms with E-state index >= 15 is 0 Å². The number of aliphatic imine (C=N–C) groups is 1. The Labute approximate surface area is 161 Å². The van der Waals surface area contributed by atoms with Crippen LogP contribution in [0, 0.1) is 0 Å². The van der Waals surface area contributed by atoms with Gasteiger partial charge in [0.2, 0.25) is 0 Å². The van der Waals surface area contributed by atoms with E-state index in [0.29, 0.717) is 6.54 Å². The summed E-state index contributed by atoms with van der Waals surface area (Å²) in [6, 6.07) is 10.2. The zero-order valence-electron chi connectivity index (χ0n) is 16.2. The fraction of sp³-hybridized carbons (Fsp3) is 0.450. The van der Waals surface area contributed by atoms with Gasteiger partial charge in [0.15, 0.2) is 5.96 Å². The molecule has 0 spiro atoms. The van der Waals surface area contributed by atoms with Gasteiger partial charge in [0.05, 0.1) is 0 Å². The number of aromatic nitrogens is 2. The quantitative estimate of drug-likeness (QED) is 0.589. The molecule has 0 atom stereocenters. The molecule has 27 heavy (non-hydrogen) atoms. The smallest absolute Gasteiger partial charge is 0.191 e. The number of pyridine rings is 2. The first kappa shape index (κ1) is 19.1. The Hall–Kier alpha value is -2.67. The lowest BCUT2D eigenvalue weighted by molar-refractivity contribution is 0.312. The van der Waals surface area contributed by atoms with Crippen LogP contribution in [-0.4, -0.2) is 67.6 Å². The zero-order chi connectivity index (χ0) is 18.9. The van der Waals surface area contributed by atoms with E-state index in [1.807, 2.05) is 36.7 Å². The van der Waals surface area contributed by atoms with Crippen LogP contribution < -0.4 is 15.5 Å². The molecule has 2 N–H and O–H groups in total. The summed E-state index contributed by atoms with van der Waals surface area (Å²) in [6.45, 7) is 5.72. The fourth-order valence-corrected chi connectivity index (χ4v) is 3.04. The number of hydrogen-bond acceptors (Lipinski definition) is 5. The molecular formula is C20H29N7. The number of anilines is 1. The van der Waals surface area contributed by atoms with Crippen LogP contribution in [0.1, 0.15) is 11.3 Å². The van der Waals surface area contributed by atoms with E-state index in [1.54, 1.807) is 7.05 Å². The van der Waals surface area contributed by atoms with Gasteiger partial charge in [-0.2, -0.15) is 0 Å². The van der Waals surface area contributed by atoms with E-state index in [2.05, 4.69) is 48.5 Å². The molecule has 7 heteroatoms. The molecule has 0 saturated carbocycles. The van der Waals surface area contributed by atoms with Crippen LogP contribution in [0.3, 0.4) is 0 Å². The molecule has 2 aromatic heterocycles. The van der Waals surface area contributed by atoms with Crippen LogP contribution in [0.25, 0.3) is 0 Å². The summed E-state index contributed by atoms with van der Waals surface area (Å²) in [5.74, 6) is 1.85. The number of nitrogens with one attached hydrogen (secondary N) is 2. The average molecular weight is 368 g/mol. The summed E-state index contributed by atoms with van der Waals surface area (Å²) >= 11 is 0. The first-order chi connectivity index (χ1) is 13.2. The van der Waals surface area contributed by atoms with Crippen molar-refractivity contribution in [3.8, 4) is 0 Å². The molecule has 3 rings (SSSR count). The molecule has 1 saturated heterocycles. The van der Waals surface area contributed by atoms with Crippen molar-refractivity contribution >= 4 is 11.8 Å². The standard InChI is InChI=1S/C20H29N7/c1-21-20(24-10-7-18-5-3-4-8-22-18)25-16-17-6-9-23-19(15-17)27-13-11-26(2)12-14-27/h3-6,8-9,15H,7,10-14,16H2,1-2H3,(H2,21,24,25). The van der Waals surface area contributed by atoms with Crippen LogP contribution in [0.5, 0.6) is 0 Å². The van der Waals surface area contributed by atoms with Crippen molar-refractivity contribution in [2.75, 3.05) is 51.7 Å². The number of guanidine groups is 1. The number of likely N-dealkylation sites (N-methyl/N-ethyl adjacent to an activating group) is 1. The summed E-state index contributed by atoms with van der Waals surface area (Å²) in [5.41, 5.74) is 2.28. The minimum absolute atomic E-state index is 0.715. The molecule has 1 fully saturated rings. The van der Waals surface area contributed by atoms with Crippen LogP contribution in [0.4, 0.5) is 5.82 Å². The van der Waals surface area contributed by atoms with Crippen LogP contribution >= 0.6 is 0 Å². The summed E-state index contributed by atoms with van der Waals surface area (Å²) in [6.07, 6.45) is 4.58. The highest BCUT2D eigenvalue weighted by Gasteiger charge is 2.15. The zero-order valence-corrected chi connectivity index (χ0v) is 16.2. The molecule has 0 amide bonds. The Balaban J connectivity index is 1.47. The molecule has 0 unspecified atom stereocenters. The third-order valence-corrected chi connectivity index (χ3v) is 4.72. The van der Waals surface area contributed by atoms with E-state index in [-0.39, 0.29) is 0 Å². The van der Waals surface area contributed by atoms with Crippen molar-refractivity contribution in [1.29, 1.82) is 0 Å². The topological polar surface area (TPSA) is 68.7 Å². The summed E-state index contributed by atoms with van der Waals surface area (Å²) in [7, 11) is 3.95. The number of rotatable bonds is 6. The van der Waals surface area contributed by atoms with Gasteiger partial charge >= 0.3 is 0 Å². The highest BCUT2D eigenvalue weighted by molar-refractivity contribution is 5.79. The van der Waals surface area contributed by atoms with Crippen molar-refractivity contribution < 1.29 is 0 Å². The van der Waals surface area contributed by atoms with Gasteiger partial charge in [0.1, 0.15) is 5.82 Å². The second-order valence-corrected chi connectivity index (χ2v) is 6.74. The predicted molar refractivity (Wildman–Crippen MR) is 110 cm³/mol. The maximum absolute atomic E-state index is 4.55. The minimum atomic E-state index is 0.715. The Morgan fingerprint density at radius 1 is 1.07 bits per heavy atom. The molecule has 144 valence electrons. The summed E-state index contributed by atoms with van der Waals surface area (Å²) in [5, 5.41) is 6.71. The lowest BCUT2D eigenvalue weighted by Gasteiger charge is -2.33. The normalized spacial score (nSPS) is 15.6. The van der Waals surface area contributed by atoms with E-state index in [4.69, 9.17) is 0 Å². The van der Waals surface area contributed by atoms with Gasteiger partial charge in [0, 0.05) is 70.8 Å². The molecule has 0 bridgehead atoms. The van der Waals surface area contributed by atoms with Gasteiger partial charge in [-0.3, -0.25) is 9.98 Å². The van der Waals surface area contributed by atoms with Crippen LogP contribution in [-0.2, 0) is 13.0 Å². The lowest BCUT2D eigenvalue weighted by atomic mass is 10.2. The van der Waals surface area contributed by atoms with E-state index < -0.39 is 0 Å². The van der Waals surface area contributed by atoms with Crippen LogP contribution in [0.2, 0.25) is 0 Å². The molecule has 7 nitrogen and oxygen atoms in total. The Morgan fingerprint density at radius 2 is 1.93 bits per heavy atom. The van der Waals surface area contributed by atoms with E-state index in [9.17, 15) is 0 Å². The average Bonchev–Trinajstić information content (AvgIpc) is 2.72. The molecule has 0 radical (unpaired) electrons. The second-order valence-electron chi connectivity index (χ2n) is 6.74. The maximum Gasteiger partial charge on any atom is 0.191 e. The highest BCUT2D eigenvalue weighted by atomic mass is 15.3. The molecular weight excluding hydrogens is 338 g/mol. The van der Waals surface area contributed by atoms with Gasteiger partial charge < -0.3 is 20.4 Å². The Bertz CT molecular complexity index is 724. The SMILES string of the molecule is CN=C(NCCc1ccccn1)NCc1ccnc(N2CCN(C)CC2)c1. The third kappa shape index (κ3) is 5.92. The lowest BCUT2D eigenvalue weighted by Crippen LogP contribution is -2.44. The van der Waals surface area contributed by atoms with Gasteiger partial charge in [-0.25, -0.2) is 4.98 Å². The van der Waals surface area contributed by atoms with Crippen molar-refractivity contribution in [3.05, 3.63) is 54.0 Å². The molecule has 0 aliphatic carbocycles. The fourth-order valence-electron chi connectivity index (χ4n) is 3.04. The number of nitrogens with zero attached hydrogens (tertiary/aromatic N) is 5. The van der Waals surface area contributed by atoms with Gasteiger partial charge in [-0.05, 0) is 36.9 Å². The monoisotopic (exact) mass is 367 g/mol. The molecule has 3 heterocycles. The Morgan fingerprint density at radius 3 is 2.67 bits per heavy atom. The predicted octanol–water partition coefficient (Wildman–Crippen LogP) is 1.14. The number of piperazine rings is 1. The van der Waals surface area contributed by atoms with E-state index in [0.717, 1.165) is 56.6 Å². The van der Waals surface area contributed by atoms with Crippen LogP contribution in [0.15, 0.2) is 47.7 Å². The largest absolute Gasteiger partial charge is 0.356 e. The van der Waals surface area contributed by atoms with Crippen molar-refractivity contribution in [3.63, 3.8) is 0 Å². The molecule has 1 aliphatic rings. The molecule has 2 aromatic rings. The highest BCUT2D eigenvalue weighted by Crippen LogP contribution is 2.14. The van der Waals surface area contributed by atoms with Gasteiger partial charge in [-0.15, -0.1) is 0 Å². The molecule has 1 aliphatic heterocycles. The minimum Gasteiger partial charge on any atom is -0.356 e. The van der Waals surface area contributed by atoms with E-state index in [1.165, 1.54) is 5.56 Å². The third-order valence-electron chi connectivity index (χ3n) is 4.72. The van der Waals surface area contributed by atoms with Gasteiger partial charge in [0.25, 0.3) is 0 Å². The van der Waals surface area contributed by atoms with Crippen molar-refractivity contribution in [2.45, 2.75) is 13.0 Å². The Kier molecular flexibility index (Phi) is 6.98.